The fourth-order valence-corrected chi connectivity index (χ4v) is 2.13. The molecule has 0 N–H and O–H groups in total. The van der Waals surface area contributed by atoms with Crippen molar-refractivity contribution in [2.75, 3.05) is 6.61 Å². The minimum absolute atomic E-state index is 0.103. The Hall–Kier alpha value is -1.91. The summed E-state index contributed by atoms with van der Waals surface area (Å²) in [5, 5.41) is 0. The molecule has 1 aromatic carbocycles. The van der Waals surface area contributed by atoms with Crippen LogP contribution in [0, 0.1) is 18.2 Å². The molecule has 5 heteroatoms. The third kappa shape index (κ3) is 2.53. The Kier molecular flexibility index (Phi) is 3.54. The second-order valence-corrected chi connectivity index (χ2v) is 6.03. The largest absolute Gasteiger partial charge is 0.446 e. The van der Waals surface area contributed by atoms with Gasteiger partial charge in [-0.1, -0.05) is 32.9 Å². The third-order valence-corrected chi connectivity index (χ3v) is 3.30. The summed E-state index contributed by atoms with van der Waals surface area (Å²) < 4.78 is 18.3. The first kappa shape index (κ1) is 14.5. The van der Waals surface area contributed by atoms with Crippen LogP contribution in [0.15, 0.2) is 18.2 Å². The SMILES string of the molecule is Cc1cc(C2COC(=O)N2C(=O)C(C)(C)C)ccc1F. The normalized spacial score (nSPS) is 19.1. The Bertz CT molecular complexity index is 563. The van der Waals surface area contributed by atoms with Gasteiger partial charge in [-0.25, -0.2) is 14.1 Å². The molecule has 1 heterocycles. The highest BCUT2D eigenvalue weighted by Gasteiger charge is 2.42. The predicted molar refractivity (Wildman–Crippen MR) is 71.5 cm³/mol. The summed E-state index contributed by atoms with van der Waals surface area (Å²) in [5.41, 5.74) is 0.494. The molecule has 1 aliphatic heterocycles. The molecule has 0 spiro atoms. The van der Waals surface area contributed by atoms with Gasteiger partial charge in [0.15, 0.2) is 0 Å². The maximum Gasteiger partial charge on any atom is 0.417 e. The number of halogens is 1. The third-order valence-electron chi connectivity index (χ3n) is 3.30. The predicted octanol–water partition coefficient (Wildman–Crippen LogP) is 3.20. The summed E-state index contributed by atoms with van der Waals surface area (Å²) in [7, 11) is 0. The van der Waals surface area contributed by atoms with E-state index in [4.69, 9.17) is 4.74 Å². The van der Waals surface area contributed by atoms with Crippen molar-refractivity contribution in [3.05, 3.63) is 35.1 Å². The van der Waals surface area contributed by atoms with Crippen LogP contribution in [0.3, 0.4) is 0 Å². The molecule has 2 rings (SSSR count). The first-order valence-electron chi connectivity index (χ1n) is 6.48. The molecule has 1 aromatic rings. The fourth-order valence-electron chi connectivity index (χ4n) is 2.13. The number of hydrogen-bond donors (Lipinski definition) is 0. The van der Waals surface area contributed by atoms with Gasteiger partial charge in [-0.05, 0) is 24.1 Å². The Morgan fingerprint density at radius 1 is 1.40 bits per heavy atom. The van der Waals surface area contributed by atoms with Crippen LogP contribution in [-0.2, 0) is 9.53 Å². The van der Waals surface area contributed by atoms with E-state index in [1.807, 2.05) is 0 Å². The van der Waals surface area contributed by atoms with Gasteiger partial charge in [0.05, 0.1) is 0 Å². The molecule has 0 bridgehead atoms. The number of nitrogens with zero attached hydrogens (tertiary/aromatic N) is 1. The standard InChI is InChI=1S/C15H18FNO3/c1-9-7-10(5-6-11(9)16)12-8-20-14(19)17(12)13(18)15(2,3)4/h5-7,12H,8H2,1-4H3. The maximum absolute atomic E-state index is 13.3. The molecule has 0 aliphatic carbocycles. The van der Waals surface area contributed by atoms with Gasteiger partial charge in [0.25, 0.3) is 0 Å². The zero-order chi connectivity index (χ0) is 15.1. The van der Waals surface area contributed by atoms with Crippen molar-refractivity contribution in [3.63, 3.8) is 0 Å². The Morgan fingerprint density at radius 3 is 2.60 bits per heavy atom. The molecule has 0 radical (unpaired) electrons. The van der Waals surface area contributed by atoms with Crippen LogP contribution >= 0.6 is 0 Å². The first-order chi connectivity index (χ1) is 9.21. The monoisotopic (exact) mass is 279 g/mol. The second-order valence-electron chi connectivity index (χ2n) is 6.03. The van der Waals surface area contributed by atoms with E-state index in [9.17, 15) is 14.0 Å². The highest BCUT2D eigenvalue weighted by atomic mass is 19.1. The fraction of sp³-hybridized carbons (Fsp3) is 0.467. The molecule has 1 saturated heterocycles. The van der Waals surface area contributed by atoms with Crippen molar-refractivity contribution in [3.8, 4) is 0 Å². The van der Waals surface area contributed by atoms with Crippen molar-refractivity contribution in [2.45, 2.75) is 33.7 Å². The van der Waals surface area contributed by atoms with Crippen LogP contribution < -0.4 is 0 Å². The van der Waals surface area contributed by atoms with Crippen LogP contribution in [0.2, 0.25) is 0 Å². The maximum atomic E-state index is 13.3. The molecular formula is C15H18FNO3. The van der Waals surface area contributed by atoms with E-state index in [0.717, 1.165) is 4.90 Å². The number of rotatable bonds is 1. The van der Waals surface area contributed by atoms with Crippen molar-refractivity contribution < 1.29 is 18.7 Å². The molecule has 1 aliphatic rings. The Morgan fingerprint density at radius 2 is 2.05 bits per heavy atom. The number of benzene rings is 1. The van der Waals surface area contributed by atoms with Gasteiger partial charge >= 0.3 is 6.09 Å². The lowest BCUT2D eigenvalue weighted by Crippen LogP contribution is -2.41. The average Bonchev–Trinajstić information content (AvgIpc) is 2.72. The zero-order valence-corrected chi connectivity index (χ0v) is 12.1. The van der Waals surface area contributed by atoms with Gasteiger partial charge in [-0.2, -0.15) is 0 Å². The number of amides is 2. The van der Waals surface area contributed by atoms with Crippen LogP contribution in [-0.4, -0.2) is 23.5 Å². The first-order valence-corrected chi connectivity index (χ1v) is 6.48. The highest BCUT2D eigenvalue weighted by Crippen LogP contribution is 2.32. The van der Waals surface area contributed by atoms with E-state index >= 15 is 0 Å². The molecule has 20 heavy (non-hydrogen) atoms. The molecule has 0 saturated carbocycles. The van der Waals surface area contributed by atoms with E-state index in [0.29, 0.717) is 11.1 Å². The van der Waals surface area contributed by atoms with Crippen molar-refractivity contribution in [1.29, 1.82) is 0 Å². The lowest BCUT2D eigenvalue weighted by atomic mass is 9.93. The zero-order valence-electron chi connectivity index (χ0n) is 12.1. The van der Waals surface area contributed by atoms with Gasteiger partial charge in [0, 0.05) is 5.41 Å². The number of imide groups is 1. The van der Waals surface area contributed by atoms with Crippen molar-refractivity contribution in [2.24, 2.45) is 5.41 Å². The molecule has 4 nitrogen and oxygen atoms in total. The minimum Gasteiger partial charge on any atom is -0.446 e. The second kappa shape index (κ2) is 4.89. The summed E-state index contributed by atoms with van der Waals surface area (Å²) in [6.07, 6.45) is -0.642. The number of carbonyl (C=O) groups excluding carboxylic acids is 2. The minimum atomic E-state index is -0.684. The summed E-state index contributed by atoms with van der Waals surface area (Å²) >= 11 is 0. The molecule has 0 aromatic heterocycles. The topological polar surface area (TPSA) is 46.6 Å². The van der Waals surface area contributed by atoms with Gasteiger partial charge in [-0.3, -0.25) is 4.79 Å². The van der Waals surface area contributed by atoms with Gasteiger partial charge in [0.1, 0.15) is 18.5 Å². The lowest BCUT2D eigenvalue weighted by molar-refractivity contribution is -0.137. The van der Waals surface area contributed by atoms with Crippen LogP contribution in [0.4, 0.5) is 9.18 Å². The highest BCUT2D eigenvalue weighted by molar-refractivity contribution is 5.96. The number of hydrogen-bond acceptors (Lipinski definition) is 3. The van der Waals surface area contributed by atoms with Crippen LogP contribution in [0.1, 0.15) is 37.9 Å². The van der Waals surface area contributed by atoms with E-state index in [2.05, 4.69) is 0 Å². The molecule has 1 fully saturated rings. The molecule has 2 amide bonds. The van der Waals surface area contributed by atoms with Crippen molar-refractivity contribution in [1.82, 2.24) is 4.90 Å². The smallest absolute Gasteiger partial charge is 0.417 e. The average molecular weight is 279 g/mol. The number of ether oxygens (including phenoxy) is 1. The Labute approximate surface area is 117 Å². The summed E-state index contributed by atoms with van der Waals surface area (Å²) in [5.74, 6) is -0.611. The number of aryl methyl sites for hydroxylation is 1. The van der Waals surface area contributed by atoms with E-state index in [-0.39, 0.29) is 18.3 Å². The summed E-state index contributed by atoms with van der Waals surface area (Å²) in [4.78, 5) is 25.3. The van der Waals surface area contributed by atoms with Crippen molar-refractivity contribution >= 4 is 12.0 Å². The quantitative estimate of drug-likeness (QED) is 0.793. The summed E-state index contributed by atoms with van der Waals surface area (Å²) in [6, 6.07) is 4.07. The molecular weight excluding hydrogens is 261 g/mol. The summed E-state index contributed by atoms with van der Waals surface area (Å²) in [6.45, 7) is 6.98. The molecule has 1 unspecified atom stereocenters. The van der Waals surface area contributed by atoms with E-state index in [1.165, 1.54) is 6.07 Å². The molecule has 108 valence electrons. The van der Waals surface area contributed by atoms with Crippen LogP contribution in [0.25, 0.3) is 0 Å². The van der Waals surface area contributed by atoms with Gasteiger partial charge in [-0.15, -0.1) is 0 Å². The molecule has 1 atom stereocenters. The number of carbonyl (C=O) groups is 2. The van der Waals surface area contributed by atoms with Gasteiger partial charge < -0.3 is 4.74 Å². The number of cyclic esters (lactones) is 1. The van der Waals surface area contributed by atoms with Gasteiger partial charge in [0.2, 0.25) is 5.91 Å². The van der Waals surface area contributed by atoms with E-state index < -0.39 is 17.6 Å². The van der Waals surface area contributed by atoms with E-state index in [1.54, 1.807) is 39.8 Å². The Balaban J connectivity index is 2.37. The van der Waals surface area contributed by atoms with Crippen LogP contribution in [0.5, 0.6) is 0 Å². The lowest BCUT2D eigenvalue weighted by Gasteiger charge is -2.27.